The summed E-state index contributed by atoms with van der Waals surface area (Å²) in [6.45, 7) is 1.57. The molecule has 2 aromatic carbocycles. The highest BCUT2D eigenvalue weighted by atomic mass is 79.9. The number of ether oxygens (including phenoxy) is 3. The van der Waals surface area contributed by atoms with Crippen molar-refractivity contribution in [3.8, 4) is 11.5 Å². The summed E-state index contributed by atoms with van der Waals surface area (Å²) in [5.74, 6) is 1.61. The summed E-state index contributed by atoms with van der Waals surface area (Å²) in [6, 6.07) is 12.0. The smallest absolute Gasteiger partial charge is 0.231 e. The van der Waals surface area contributed by atoms with Crippen LogP contribution in [0.1, 0.15) is 11.1 Å². The van der Waals surface area contributed by atoms with Gasteiger partial charge in [-0.2, -0.15) is 0 Å². The summed E-state index contributed by atoms with van der Waals surface area (Å²) in [5.41, 5.74) is 3.31. The van der Waals surface area contributed by atoms with Crippen LogP contribution in [0.25, 0.3) is 0 Å². The molecule has 5 heteroatoms. The van der Waals surface area contributed by atoms with E-state index in [9.17, 15) is 0 Å². The Morgan fingerprint density at radius 1 is 1.19 bits per heavy atom. The highest BCUT2D eigenvalue weighted by Crippen LogP contribution is 2.33. The summed E-state index contributed by atoms with van der Waals surface area (Å²) >= 11 is 3.56. The highest BCUT2D eigenvalue weighted by molar-refractivity contribution is 9.10. The van der Waals surface area contributed by atoms with Gasteiger partial charge < -0.3 is 19.5 Å². The Bertz CT molecular complexity index is 645. The fourth-order valence-corrected chi connectivity index (χ4v) is 2.74. The molecule has 0 radical (unpaired) electrons. The van der Waals surface area contributed by atoms with Gasteiger partial charge in [-0.15, -0.1) is 0 Å². The van der Waals surface area contributed by atoms with Crippen molar-refractivity contribution < 1.29 is 14.2 Å². The third-order valence-electron chi connectivity index (χ3n) is 3.33. The van der Waals surface area contributed by atoms with Gasteiger partial charge in [0.2, 0.25) is 6.79 Å². The number of methoxy groups -OCH3 is 1. The normalized spacial score (nSPS) is 12.5. The van der Waals surface area contributed by atoms with Crippen molar-refractivity contribution in [2.75, 3.05) is 19.2 Å². The largest absolute Gasteiger partial charge is 0.454 e. The first-order chi connectivity index (χ1) is 10.3. The number of hydrogen-bond acceptors (Lipinski definition) is 4. The minimum atomic E-state index is 0.301. The van der Waals surface area contributed by atoms with Crippen molar-refractivity contribution >= 4 is 21.6 Å². The highest BCUT2D eigenvalue weighted by Gasteiger charge is 2.13. The Morgan fingerprint density at radius 3 is 2.90 bits per heavy atom. The summed E-state index contributed by atoms with van der Waals surface area (Å²) < 4.78 is 17.0. The van der Waals surface area contributed by atoms with Gasteiger partial charge in [-0.1, -0.05) is 28.1 Å². The van der Waals surface area contributed by atoms with E-state index in [2.05, 4.69) is 21.2 Å². The van der Waals surface area contributed by atoms with E-state index in [1.165, 1.54) is 0 Å². The third kappa shape index (κ3) is 3.14. The maximum atomic E-state index is 5.40. The Labute approximate surface area is 132 Å². The van der Waals surface area contributed by atoms with Gasteiger partial charge in [0.05, 0.1) is 6.61 Å². The van der Waals surface area contributed by atoms with Crippen molar-refractivity contribution in [3.05, 3.63) is 52.0 Å². The van der Waals surface area contributed by atoms with Crippen LogP contribution in [-0.4, -0.2) is 13.9 Å². The SMILES string of the molecule is COCc1c(Br)cccc1NCc1ccc2c(c1)OCO2. The van der Waals surface area contributed by atoms with E-state index in [4.69, 9.17) is 14.2 Å². The maximum Gasteiger partial charge on any atom is 0.231 e. The fraction of sp³-hybridized carbons (Fsp3) is 0.250. The molecule has 1 N–H and O–H groups in total. The molecule has 4 nitrogen and oxygen atoms in total. The minimum Gasteiger partial charge on any atom is -0.454 e. The van der Waals surface area contributed by atoms with Crippen molar-refractivity contribution in [1.29, 1.82) is 0 Å². The van der Waals surface area contributed by atoms with E-state index in [1.807, 2.05) is 36.4 Å². The maximum absolute atomic E-state index is 5.40. The summed E-state index contributed by atoms with van der Waals surface area (Å²) in [4.78, 5) is 0. The summed E-state index contributed by atoms with van der Waals surface area (Å²) in [7, 11) is 1.70. The molecule has 0 unspecified atom stereocenters. The second kappa shape index (κ2) is 6.37. The van der Waals surface area contributed by atoms with E-state index < -0.39 is 0 Å². The molecule has 110 valence electrons. The lowest BCUT2D eigenvalue weighted by Gasteiger charge is -2.13. The van der Waals surface area contributed by atoms with Gasteiger partial charge in [-0.25, -0.2) is 0 Å². The van der Waals surface area contributed by atoms with Crippen molar-refractivity contribution in [1.82, 2.24) is 0 Å². The predicted octanol–water partition coefficient (Wildman–Crippen LogP) is 3.94. The van der Waals surface area contributed by atoms with Gasteiger partial charge in [-0.3, -0.25) is 0 Å². The van der Waals surface area contributed by atoms with Gasteiger partial charge in [0.15, 0.2) is 11.5 Å². The number of fused-ring (bicyclic) bond motifs is 1. The van der Waals surface area contributed by atoms with Gasteiger partial charge in [0, 0.05) is 29.4 Å². The molecule has 0 amide bonds. The van der Waals surface area contributed by atoms with Crippen LogP contribution in [0.3, 0.4) is 0 Å². The van der Waals surface area contributed by atoms with Crippen molar-refractivity contribution in [2.24, 2.45) is 0 Å². The van der Waals surface area contributed by atoms with Gasteiger partial charge in [-0.05, 0) is 29.8 Å². The molecule has 0 spiro atoms. The molecule has 0 saturated heterocycles. The predicted molar refractivity (Wildman–Crippen MR) is 84.7 cm³/mol. The van der Waals surface area contributed by atoms with Gasteiger partial charge >= 0.3 is 0 Å². The first-order valence-corrected chi connectivity index (χ1v) is 7.46. The minimum absolute atomic E-state index is 0.301. The van der Waals surface area contributed by atoms with Crippen molar-refractivity contribution in [2.45, 2.75) is 13.2 Å². The molecule has 0 saturated carbocycles. The molecule has 3 rings (SSSR count). The zero-order valence-electron chi connectivity index (χ0n) is 11.7. The zero-order valence-corrected chi connectivity index (χ0v) is 13.3. The van der Waals surface area contributed by atoms with Crippen LogP contribution in [0, 0.1) is 0 Å². The molecule has 0 fully saturated rings. The average Bonchev–Trinajstić information content (AvgIpc) is 2.95. The molecule has 2 aromatic rings. The molecular formula is C16H16BrNO3. The van der Waals surface area contributed by atoms with Crippen LogP contribution in [0.5, 0.6) is 11.5 Å². The Kier molecular flexibility index (Phi) is 4.31. The number of anilines is 1. The van der Waals surface area contributed by atoms with Crippen LogP contribution in [0.15, 0.2) is 40.9 Å². The third-order valence-corrected chi connectivity index (χ3v) is 4.07. The lowest BCUT2D eigenvalue weighted by molar-refractivity contribution is 0.174. The lowest BCUT2D eigenvalue weighted by Crippen LogP contribution is -2.03. The average molecular weight is 350 g/mol. The van der Waals surface area contributed by atoms with E-state index in [0.29, 0.717) is 19.9 Å². The summed E-state index contributed by atoms with van der Waals surface area (Å²) in [6.07, 6.45) is 0. The first-order valence-electron chi connectivity index (χ1n) is 6.66. The molecule has 0 aliphatic carbocycles. The molecule has 21 heavy (non-hydrogen) atoms. The number of nitrogens with one attached hydrogen (secondary N) is 1. The van der Waals surface area contributed by atoms with E-state index in [-0.39, 0.29) is 0 Å². The van der Waals surface area contributed by atoms with E-state index in [0.717, 1.165) is 32.8 Å². The number of rotatable bonds is 5. The van der Waals surface area contributed by atoms with Crippen LogP contribution in [-0.2, 0) is 17.9 Å². The molecule has 1 aliphatic rings. The quantitative estimate of drug-likeness (QED) is 0.887. The fourth-order valence-electron chi connectivity index (χ4n) is 2.26. The van der Waals surface area contributed by atoms with Crippen molar-refractivity contribution in [3.63, 3.8) is 0 Å². The monoisotopic (exact) mass is 349 g/mol. The molecule has 1 aliphatic heterocycles. The molecular weight excluding hydrogens is 334 g/mol. The molecule has 0 atom stereocenters. The molecule has 1 heterocycles. The number of benzene rings is 2. The van der Waals surface area contributed by atoms with Gasteiger partial charge in [0.25, 0.3) is 0 Å². The molecule has 0 aromatic heterocycles. The van der Waals surface area contributed by atoms with Crippen LogP contribution < -0.4 is 14.8 Å². The first kappa shape index (κ1) is 14.2. The molecule has 0 bridgehead atoms. The second-order valence-electron chi connectivity index (χ2n) is 4.74. The summed E-state index contributed by atoms with van der Waals surface area (Å²) in [5, 5.41) is 3.44. The second-order valence-corrected chi connectivity index (χ2v) is 5.59. The number of hydrogen-bond donors (Lipinski definition) is 1. The topological polar surface area (TPSA) is 39.7 Å². The van der Waals surface area contributed by atoms with E-state index >= 15 is 0 Å². The van der Waals surface area contributed by atoms with Gasteiger partial charge in [0.1, 0.15) is 0 Å². The van der Waals surface area contributed by atoms with Crippen LogP contribution in [0.4, 0.5) is 5.69 Å². The Morgan fingerprint density at radius 2 is 2.05 bits per heavy atom. The van der Waals surface area contributed by atoms with E-state index in [1.54, 1.807) is 7.11 Å². The lowest BCUT2D eigenvalue weighted by atomic mass is 10.1. The standard InChI is InChI=1S/C16H16BrNO3/c1-19-9-12-13(17)3-2-4-14(12)18-8-11-5-6-15-16(7-11)21-10-20-15/h2-7,18H,8-10H2,1H3. The Hall–Kier alpha value is -1.72. The number of halogens is 1. The Balaban J connectivity index is 1.74. The zero-order chi connectivity index (χ0) is 14.7. The van der Waals surface area contributed by atoms with Crippen LogP contribution in [0.2, 0.25) is 0 Å². The van der Waals surface area contributed by atoms with Crippen LogP contribution >= 0.6 is 15.9 Å².